The average molecular weight is 376 g/mol. The number of benzene rings is 1. The minimum Gasteiger partial charge on any atom is -0.481 e. The van der Waals surface area contributed by atoms with E-state index in [4.69, 9.17) is 5.11 Å². The van der Waals surface area contributed by atoms with E-state index in [0.717, 1.165) is 11.8 Å². The number of carboxylic acid groups (broad SMARTS) is 1. The lowest BCUT2D eigenvalue weighted by Gasteiger charge is -2.08. The van der Waals surface area contributed by atoms with Crippen molar-refractivity contribution in [2.75, 3.05) is 11.1 Å². The molecule has 0 saturated heterocycles. The second-order valence-corrected chi connectivity index (χ2v) is 6.88. The summed E-state index contributed by atoms with van der Waals surface area (Å²) in [7, 11) is 0. The number of nitrogens with zero attached hydrogens (tertiary/aromatic N) is 2. The third-order valence-electron chi connectivity index (χ3n) is 3.52. The van der Waals surface area contributed by atoms with Gasteiger partial charge in [0.25, 0.3) is 5.56 Å². The zero-order chi connectivity index (χ0) is 19.1. The number of hydrogen-bond donors (Lipinski definition) is 3. The fraction of sp³-hybridized carbons (Fsp3) is 0.353. The molecule has 1 amide bonds. The van der Waals surface area contributed by atoms with E-state index in [1.807, 2.05) is 24.3 Å². The summed E-state index contributed by atoms with van der Waals surface area (Å²) in [6.45, 7) is 4.19. The zero-order valence-corrected chi connectivity index (χ0v) is 15.3. The summed E-state index contributed by atoms with van der Waals surface area (Å²) >= 11 is 1.05. The van der Waals surface area contributed by atoms with E-state index < -0.39 is 11.5 Å². The molecule has 9 heteroatoms. The van der Waals surface area contributed by atoms with Crippen molar-refractivity contribution in [3.63, 3.8) is 0 Å². The van der Waals surface area contributed by atoms with Gasteiger partial charge in [-0.25, -0.2) is 0 Å². The number of aromatic nitrogens is 3. The highest BCUT2D eigenvalue weighted by Gasteiger charge is 2.10. The molecular formula is C17H20N4O4S. The third-order valence-corrected chi connectivity index (χ3v) is 4.38. The summed E-state index contributed by atoms with van der Waals surface area (Å²) in [6, 6.07) is 7.62. The van der Waals surface area contributed by atoms with Crippen LogP contribution in [0.3, 0.4) is 0 Å². The number of amides is 1. The maximum Gasteiger partial charge on any atom is 0.303 e. The van der Waals surface area contributed by atoms with Crippen LogP contribution >= 0.6 is 11.8 Å². The molecule has 138 valence electrons. The summed E-state index contributed by atoms with van der Waals surface area (Å²) in [4.78, 5) is 36.8. The fourth-order valence-corrected chi connectivity index (χ4v) is 2.69. The monoisotopic (exact) mass is 376 g/mol. The Balaban J connectivity index is 1.87. The number of carbonyl (C=O) groups excluding carboxylic acids is 1. The van der Waals surface area contributed by atoms with Crippen LogP contribution in [0, 0.1) is 0 Å². The number of anilines is 1. The van der Waals surface area contributed by atoms with Crippen LogP contribution in [0.5, 0.6) is 0 Å². The maximum atomic E-state index is 12.0. The SMILES string of the molecule is CC(C)c1ccc(NC(=O)CSc2nnc(CCC(=O)O)c(=O)[nH]2)cc1. The molecule has 0 radical (unpaired) electrons. The minimum atomic E-state index is -1.01. The minimum absolute atomic E-state index is 0.00940. The lowest BCUT2D eigenvalue weighted by atomic mass is 10.0. The van der Waals surface area contributed by atoms with Gasteiger partial charge in [-0.2, -0.15) is 0 Å². The van der Waals surface area contributed by atoms with E-state index in [0.29, 0.717) is 11.6 Å². The van der Waals surface area contributed by atoms with Gasteiger partial charge in [0.15, 0.2) is 5.16 Å². The number of aromatic amines is 1. The highest BCUT2D eigenvalue weighted by atomic mass is 32.2. The van der Waals surface area contributed by atoms with Crippen LogP contribution in [0.4, 0.5) is 5.69 Å². The molecule has 1 aromatic carbocycles. The lowest BCUT2D eigenvalue weighted by Crippen LogP contribution is -2.19. The molecule has 0 atom stereocenters. The fourth-order valence-electron chi connectivity index (χ4n) is 2.08. The number of carboxylic acids is 1. The van der Waals surface area contributed by atoms with Gasteiger partial charge >= 0.3 is 5.97 Å². The Bertz CT molecular complexity index is 833. The van der Waals surface area contributed by atoms with Crippen molar-refractivity contribution in [2.24, 2.45) is 0 Å². The first kappa shape index (κ1) is 19.6. The molecule has 0 bridgehead atoms. The zero-order valence-electron chi connectivity index (χ0n) is 14.5. The molecule has 0 spiro atoms. The van der Waals surface area contributed by atoms with Gasteiger partial charge in [0.05, 0.1) is 12.2 Å². The standard InChI is InChI=1S/C17H20N4O4S/c1-10(2)11-3-5-12(6-4-11)18-14(22)9-26-17-19-16(25)13(20-21-17)7-8-15(23)24/h3-6,10H,7-9H2,1-2H3,(H,18,22)(H,23,24)(H,19,21,25). The molecule has 1 aromatic heterocycles. The van der Waals surface area contributed by atoms with Crippen LogP contribution in [0.1, 0.15) is 37.4 Å². The Kier molecular flexibility index (Phi) is 6.90. The van der Waals surface area contributed by atoms with Crippen LogP contribution in [-0.2, 0) is 16.0 Å². The van der Waals surface area contributed by atoms with Crippen LogP contribution in [0.15, 0.2) is 34.2 Å². The molecule has 3 N–H and O–H groups in total. The van der Waals surface area contributed by atoms with Crippen LogP contribution in [0.25, 0.3) is 0 Å². The highest BCUT2D eigenvalue weighted by molar-refractivity contribution is 7.99. The molecule has 0 aliphatic heterocycles. The largest absolute Gasteiger partial charge is 0.481 e. The molecule has 8 nitrogen and oxygen atoms in total. The predicted octanol–water partition coefficient (Wildman–Crippen LogP) is 2.04. The van der Waals surface area contributed by atoms with Gasteiger partial charge in [0, 0.05) is 12.1 Å². The number of thioether (sulfide) groups is 1. The van der Waals surface area contributed by atoms with Crippen molar-refractivity contribution in [3.05, 3.63) is 45.9 Å². The first-order chi connectivity index (χ1) is 12.3. The first-order valence-electron chi connectivity index (χ1n) is 8.05. The number of rotatable bonds is 8. The van der Waals surface area contributed by atoms with Gasteiger partial charge in [0.2, 0.25) is 5.91 Å². The van der Waals surface area contributed by atoms with Gasteiger partial charge in [0.1, 0.15) is 5.69 Å². The maximum absolute atomic E-state index is 12.0. The van der Waals surface area contributed by atoms with Crippen LogP contribution in [-0.4, -0.2) is 37.9 Å². The van der Waals surface area contributed by atoms with Gasteiger partial charge in [-0.3, -0.25) is 19.4 Å². The number of aryl methyl sites for hydroxylation is 1. The molecule has 0 unspecified atom stereocenters. The average Bonchev–Trinajstić information content (AvgIpc) is 2.59. The summed E-state index contributed by atoms with van der Waals surface area (Å²) in [6.07, 6.45) is -0.183. The van der Waals surface area contributed by atoms with Gasteiger partial charge in [-0.1, -0.05) is 37.7 Å². The summed E-state index contributed by atoms with van der Waals surface area (Å²) in [5, 5.41) is 19.1. The van der Waals surface area contributed by atoms with Crippen molar-refractivity contribution in [1.82, 2.24) is 15.2 Å². The van der Waals surface area contributed by atoms with Gasteiger partial charge in [-0.15, -0.1) is 10.2 Å². The van der Waals surface area contributed by atoms with Crippen molar-refractivity contribution in [2.45, 2.75) is 37.8 Å². The normalized spacial score (nSPS) is 10.7. The molecule has 1 heterocycles. The smallest absolute Gasteiger partial charge is 0.303 e. The second kappa shape index (κ2) is 9.14. The molecule has 2 rings (SSSR count). The molecule has 0 aliphatic carbocycles. The Morgan fingerprint density at radius 2 is 1.92 bits per heavy atom. The molecule has 0 fully saturated rings. The van der Waals surface area contributed by atoms with E-state index in [9.17, 15) is 14.4 Å². The molecule has 0 aliphatic rings. The second-order valence-electron chi connectivity index (χ2n) is 5.91. The Labute approximate surface area is 154 Å². The van der Waals surface area contributed by atoms with E-state index in [1.54, 1.807) is 0 Å². The Morgan fingerprint density at radius 1 is 1.23 bits per heavy atom. The quantitative estimate of drug-likeness (QED) is 0.602. The number of H-pyrrole nitrogens is 1. The molecule has 0 saturated carbocycles. The van der Waals surface area contributed by atoms with Gasteiger partial charge in [-0.05, 0) is 23.6 Å². The number of carbonyl (C=O) groups is 2. The van der Waals surface area contributed by atoms with E-state index in [-0.39, 0.29) is 35.4 Å². The van der Waals surface area contributed by atoms with Crippen LogP contribution < -0.4 is 10.9 Å². The number of nitrogens with one attached hydrogen (secondary N) is 2. The summed E-state index contributed by atoms with van der Waals surface area (Å²) < 4.78 is 0. The molecule has 2 aromatic rings. The summed E-state index contributed by atoms with van der Waals surface area (Å²) in [5.41, 5.74) is 1.46. The lowest BCUT2D eigenvalue weighted by molar-refractivity contribution is -0.137. The predicted molar refractivity (Wildman–Crippen MR) is 98.5 cm³/mol. The Hall–Kier alpha value is -2.68. The topological polar surface area (TPSA) is 125 Å². The van der Waals surface area contributed by atoms with E-state index >= 15 is 0 Å². The van der Waals surface area contributed by atoms with Crippen LogP contribution in [0.2, 0.25) is 0 Å². The number of hydrogen-bond acceptors (Lipinski definition) is 6. The van der Waals surface area contributed by atoms with E-state index in [2.05, 4.69) is 34.3 Å². The highest BCUT2D eigenvalue weighted by Crippen LogP contribution is 2.17. The van der Waals surface area contributed by atoms with Crippen molar-refractivity contribution < 1.29 is 14.7 Å². The molecular weight excluding hydrogens is 356 g/mol. The first-order valence-corrected chi connectivity index (χ1v) is 9.04. The van der Waals surface area contributed by atoms with Crippen molar-refractivity contribution >= 4 is 29.3 Å². The number of aliphatic carboxylic acids is 1. The third kappa shape index (κ3) is 5.99. The Morgan fingerprint density at radius 3 is 2.50 bits per heavy atom. The summed E-state index contributed by atoms with van der Waals surface area (Å²) in [5.74, 6) is -0.762. The van der Waals surface area contributed by atoms with E-state index in [1.165, 1.54) is 5.56 Å². The van der Waals surface area contributed by atoms with Crippen molar-refractivity contribution in [3.8, 4) is 0 Å². The molecule has 26 heavy (non-hydrogen) atoms. The van der Waals surface area contributed by atoms with Crippen molar-refractivity contribution in [1.29, 1.82) is 0 Å². The van der Waals surface area contributed by atoms with Gasteiger partial charge < -0.3 is 10.4 Å².